The predicted molar refractivity (Wildman–Crippen MR) is 86.9 cm³/mol. The van der Waals surface area contributed by atoms with Crippen molar-refractivity contribution in [2.24, 2.45) is 5.92 Å². The van der Waals surface area contributed by atoms with Crippen LogP contribution in [0.25, 0.3) is 0 Å². The summed E-state index contributed by atoms with van der Waals surface area (Å²) in [6.45, 7) is 5.98. The van der Waals surface area contributed by atoms with E-state index in [0.29, 0.717) is 25.6 Å². The van der Waals surface area contributed by atoms with Crippen molar-refractivity contribution in [2.45, 2.75) is 50.7 Å². The molecule has 3 aliphatic heterocycles. The van der Waals surface area contributed by atoms with Gasteiger partial charge in [0.05, 0.1) is 30.7 Å². The Morgan fingerprint density at radius 2 is 1.91 bits per heavy atom. The molecule has 0 N–H and O–H groups in total. The molecule has 1 spiro atoms. The van der Waals surface area contributed by atoms with Crippen LogP contribution in [0.1, 0.15) is 39.0 Å². The highest BCUT2D eigenvalue weighted by Gasteiger charge is 2.44. The SMILES string of the molecule is CCS(=O)(=O)N1CCC2(CC1)CC(OCC1CCOCC1)CO2. The summed E-state index contributed by atoms with van der Waals surface area (Å²) in [7, 11) is -3.07. The fourth-order valence-corrected chi connectivity index (χ4v) is 4.90. The molecule has 0 aromatic rings. The first-order chi connectivity index (χ1) is 11.0. The molecule has 1 atom stereocenters. The zero-order valence-corrected chi connectivity index (χ0v) is 14.9. The largest absolute Gasteiger partial charge is 0.381 e. The average Bonchev–Trinajstić information content (AvgIpc) is 2.97. The van der Waals surface area contributed by atoms with E-state index < -0.39 is 10.0 Å². The van der Waals surface area contributed by atoms with E-state index in [2.05, 4.69) is 0 Å². The first-order valence-electron chi connectivity index (χ1n) is 8.84. The van der Waals surface area contributed by atoms with E-state index in [1.807, 2.05) is 0 Å². The second kappa shape index (κ2) is 7.35. The van der Waals surface area contributed by atoms with Crippen LogP contribution in [0.15, 0.2) is 0 Å². The van der Waals surface area contributed by atoms with Crippen LogP contribution >= 0.6 is 0 Å². The Labute approximate surface area is 139 Å². The number of sulfonamides is 1. The second-order valence-electron chi connectivity index (χ2n) is 7.01. The quantitative estimate of drug-likeness (QED) is 0.752. The predicted octanol–water partition coefficient (Wildman–Crippen LogP) is 1.40. The third-order valence-electron chi connectivity index (χ3n) is 5.48. The summed E-state index contributed by atoms with van der Waals surface area (Å²) in [6.07, 6.45) is 4.79. The lowest BCUT2D eigenvalue weighted by molar-refractivity contribution is -0.0368. The molecule has 3 heterocycles. The molecule has 0 aromatic carbocycles. The first kappa shape index (κ1) is 17.6. The zero-order valence-electron chi connectivity index (χ0n) is 14.0. The lowest BCUT2D eigenvalue weighted by Crippen LogP contribution is -2.47. The highest BCUT2D eigenvalue weighted by molar-refractivity contribution is 7.89. The highest BCUT2D eigenvalue weighted by atomic mass is 32.2. The van der Waals surface area contributed by atoms with Gasteiger partial charge in [-0.05, 0) is 38.5 Å². The molecule has 3 fully saturated rings. The van der Waals surface area contributed by atoms with Crippen LogP contribution in [-0.2, 0) is 24.2 Å². The second-order valence-corrected chi connectivity index (χ2v) is 9.27. The zero-order chi connectivity index (χ0) is 16.3. The summed E-state index contributed by atoms with van der Waals surface area (Å²) >= 11 is 0. The maximum absolute atomic E-state index is 11.9. The number of ether oxygens (including phenoxy) is 3. The molecule has 3 saturated heterocycles. The lowest BCUT2D eigenvalue weighted by Gasteiger charge is -2.37. The third kappa shape index (κ3) is 4.25. The fourth-order valence-electron chi connectivity index (χ4n) is 3.80. The van der Waals surface area contributed by atoms with Gasteiger partial charge in [-0.2, -0.15) is 0 Å². The molecular weight excluding hydrogens is 318 g/mol. The van der Waals surface area contributed by atoms with Gasteiger partial charge in [0.1, 0.15) is 0 Å². The van der Waals surface area contributed by atoms with E-state index in [4.69, 9.17) is 14.2 Å². The van der Waals surface area contributed by atoms with Crippen LogP contribution in [-0.4, -0.2) is 69.7 Å². The molecule has 7 heteroatoms. The van der Waals surface area contributed by atoms with Crippen LogP contribution in [0.5, 0.6) is 0 Å². The molecular formula is C16H29NO5S. The normalized spacial score (nSPS) is 30.0. The molecule has 0 radical (unpaired) electrons. The van der Waals surface area contributed by atoms with E-state index in [9.17, 15) is 8.42 Å². The maximum atomic E-state index is 11.9. The minimum atomic E-state index is -3.07. The van der Waals surface area contributed by atoms with Gasteiger partial charge in [-0.25, -0.2) is 12.7 Å². The summed E-state index contributed by atoms with van der Waals surface area (Å²) in [4.78, 5) is 0. The van der Waals surface area contributed by atoms with Gasteiger partial charge in [0.2, 0.25) is 10.0 Å². The molecule has 0 bridgehead atoms. The van der Waals surface area contributed by atoms with Gasteiger partial charge < -0.3 is 14.2 Å². The topological polar surface area (TPSA) is 65.1 Å². The van der Waals surface area contributed by atoms with Crippen LogP contribution in [0.4, 0.5) is 0 Å². The van der Waals surface area contributed by atoms with Crippen molar-refractivity contribution in [2.75, 3.05) is 45.3 Å². The van der Waals surface area contributed by atoms with Crippen LogP contribution < -0.4 is 0 Å². The van der Waals surface area contributed by atoms with Crippen molar-refractivity contribution in [1.82, 2.24) is 4.31 Å². The minimum absolute atomic E-state index is 0.159. The van der Waals surface area contributed by atoms with E-state index >= 15 is 0 Å². The average molecular weight is 347 g/mol. The lowest BCUT2D eigenvalue weighted by atomic mass is 9.89. The molecule has 0 saturated carbocycles. The molecule has 3 aliphatic rings. The molecule has 0 amide bonds. The van der Waals surface area contributed by atoms with Crippen LogP contribution in [0.3, 0.4) is 0 Å². The molecule has 0 aliphatic carbocycles. The number of hydrogen-bond donors (Lipinski definition) is 0. The molecule has 6 nitrogen and oxygen atoms in total. The van der Waals surface area contributed by atoms with E-state index in [-0.39, 0.29) is 17.5 Å². The number of rotatable bonds is 5. The Balaban J connectivity index is 1.44. The van der Waals surface area contributed by atoms with Crippen molar-refractivity contribution in [3.05, 3.63) is 0 Å². The van der Waals surface area contributed by atoms with Crippen LogP contribution in [0, 0.1) is 5.92 Å². The van der Waals surface area contributed by atoms with Gasteiger partial charge >= 0.3 is 0 Å². The van der Waals surface area contributed by atoms with Crippen molar-refractivity contribution in [3.63, 3.8) is 0 Å². The van der Waals surface area contributed by atoms with Crippen molar-refractivity contribution >= 4 is 10.0 Å². The van der Waals surface area contributed by atoms with Crippen LogP contribution in [0.2, 0.25) is 0 Å². The standard InChI is InChI=1S/C16H29NO5S/c1-2-23(18,19)17-7-5-16(6-8-17)11-15(13-22-16)21-12-14-3-9-20-10-4-14/h14-15H,2-13H2,1H3. The Morgan fingerprint density at radius 1 is 1.22 bits per heavy atom. The maximum Gasteiger partial charge on any atom is 0.213 e. The monoisotopic (exact) mass is 347 g/mol. The summed E-state index contributed by atoms with van der Waals surface area (Å²) in [5.74, 6) is 0.786. The Kier molecular flexibility index (Phi) is 5.63. The molecule has 23 heavy (non-hydrogen) atoms. The van der Waals surface area contributed by atoms with Gasteiger partial charge in [-0.1, -0.05) is 0 Å². The van der Waals surface area contributed by atoms with Gasteiger partial charge in [-0.15, -0.1) is 0 Å². The van der Waals surface area contributed by atoms with E-state index in [0.717, 1.165) is 51.9 Å². The molecule has 0 aromatic heterocycles. The Hall–Kier alpha value is -0.210. The van der Waals surface area contributed by atoms with E-state index in [1.54, 1.807) is 11.2 Å². The summed E-state index contributed by atoms with van der Waals surface area (Å²) < 4.78 is 43.0. The van der Waals surface area contributed by atoms with Gasteiger partial charge in [-0.3, -0.25) is 0 Å². The van der Waals surface area contributed by atoms with E-state index in [1.165, 1.54) is 0 Å². The Bertz CT molecular complexity index is 481. The Morgan fingerprint density at radius 3 is 2.57 bits per heavy atom. The van der Waals surface area contributed by atoms with Crippen molar-refractivity contribution < 1.29 is 22.6 Å². The van der Waals surface area contributed by atoms with Gasteiger partial charge in [0, 0.05) is 32.7 Å². The number of hydrogen-bond acceptors (Lipinski definition) is 5. The number of piperidine rings is 1. The molecule has 134 valence electrons. The van der Waals surface area contributed by atoms with Gasteiger partial charge in [0.15, 0.2) is 0 Å². The fraction of sp³-hybridized carbons (Fsp3) is 1.00. The smallest absolute Gasteiger partial charge is 0.213 e. The third-order valence-corrected chi connectivity index (χ3v) is 7.36. The minimum Gasteiger partial charge on any atom is -0.381 e. The summed E-state index contributed by atoms with van der Waals surface area (Å²) in [5.41, 5.74) is -0.167. The first-order valence-corrected chi connectivity index (χ1v) is 10.4. The van der Waals surface area contributed by atoms with Gasteiger partial charge in [0.25, 0.3) is 0 Å². The highest BCUT2D eigenvalue weighted by Crippen LogP contribution is 2.37. The summed E-state index contributed by atoms with van der Waals surface area (Å²) in [5, 5.41) is 0. The molecule has 1 unspecified atom stereocenters. The number of nitrogens with zero attached hydrogens (tertiary/aromatic N) is 1. The summed E-state index contributed by atoms with van der Waals surface area (Å²) in [6, 6.07) is 0. The van der Waals surface area contributed by atoms with Crippen molar-refractivity contribution in [3.8, 4) is 0 Å². The molecule has 3 rings (SSSR count). The van der Waals surface area contributed by atoms with Crippen molar-refractivity contribution in [1.29, 1.82) is 0 Å².